The number of aromatic nitrogens is 1. The molecule has 1 N–H and O–H groups in total. The highest BCUT2D eigenvalue weighted by molar-refractivity contribution is 7.11. The van der Waals surface area contributed by atoms with Crippen molar-refractivity contribution < 1.29 is 4.79 Å². The fraction of sp³-hybridized carbons (Fsp3) is 0.333. The summed E-state index contributed by atoms with van der Waals surface area (Å²) in [7, 11) is 0. The van der Waals surface area contributed by atoms with Crippen molar-refractivity contribution in [3.8, 4) is 0 Å². The molecule has 0 fully saturated rings. The van der Waals surface area contributed by atoms with Gasteiger partial charge >= 0.3 is 0 Å². The molecule has 4 heteroatoms. The summed E-state index contributed by atoms with van der Waals surface area (Å²) in [6.45, 7) is 2.56. The summed E-state index contributed by atoms with van der Waals surface area (Å²) in [5.41, 5.74) is 1.29. The number of carbonyl (C=O) groups is 1. The lowest BCUT2D eigenvalue weighted by molar-refractivity contribution is -0.121. The maximum atomic E-state index is 11.7. The van der Waals surface area contributed by atoms with E-state index < -0.39 is 0 Å². The second-order valence-corrected chi connectivity index (χ2v) is 5.78. The maximum Gasteiger partial charge on any atom is 0.220 e. The molecule has 0 aliphatic rings. The van der Waals surface area contributed by atoms with Gasteiger partial charge < -0.3 is 5.32 Å². The number of nitrogens with zero attached hydrogens (tertiary/aromatic N) is 1. The first kappa shape index (κ1) is 13.7. The SMILES string of the molecule is Cc1ncc(CNC(=O)CCCc2ccccc2)s1. The van der Waals surface area contributed by atoms with Crippen LogP contribution in [0.15, 0.2) is 36.5 Å². The van der Waals surface area contributed by atoms with Crippen molar-refractivity contribution in [3.63, 3.8) is 0 Å². The summed E-state index contributed by atoms with van der Waals surface area (Å²) >= 11 is 1.62. The third kappa shape index (κ3) is 4.83. The molecule has 1 heterocycles. The summed E-state index contributed by atoms with van der Waals surface area (Å²) in [4.78, 5) is 17.0. The molecule has 19 heavy (non-hydrogen) atoms. The Bertz CT molecular complexity index is 522. The average molecular weight is 274 g/mol. The number of rotatable bonds is 6. The summed E-state index contributed by atoms with van der Waals surface area (Å²) in [6, 6.07) is 10.3. The molecule has 0 saturated carbocycles. The van der Waals surface area contributed by atoms with Crippen LogP contribution < -0.4 is 5.32 Å². The van der Waals surface area contributed by atoms with Crippen molar-refractivity contribution in [2.45, 2.75) is 32.7 Å². The van der Waals surface area contributed by atoms with Crippen LogP contribution in [0.3, 0.4) is 0 Å². The van der Waals surface area contributed by atoms with Crippen LogP contribution in [0, 0.1) is 6.92 Å². The summed E-state index contributed by atoms with van der Waals surface area (Å²) < 4.78 is 0. The van der Waals surface area contributed by atoms with E-state index in [1.54, 1.807) is 11.3 Å². The number of aryl methyl sites for hydroxylation is 2. The van der Waals surface area contributed by atoms with Crippen LogP contribution in [0.4, 0.5) is 0 Å². The Hall–Kier alpha value is -1.68. The Balaban J connectivity index is 1.65. The molecule has 0 spiro atoms. The minimum Gasteiger partial charge on any atom is -0.351 e. The third-order valence-electron chi connectivity index (χ3n) is 2.84. The first-order valence-corrected chi connectivity index (χ1v) is 7.27. The van der Waals surface area contributed by atoms with Gasteiger partial charge in [-0.1, -0.05) is 30.3 Å². The first-order valence-electron chi connectivity index (χ1n) is 6.46. The highest BCUT2D eigenvalue weighted by atomic mass is 32.1. The number of hydrogen-bond donors (Lipinski definition) is 1. The van der Waals surface area contributed by atoms with Crippen LogP contribution in [-0.2, 0) is 17.8 Å². The van der Waals surface area contributed by atoms with Crippen LogP contribution in [0.1, 0.15) is 28.3 Å². The minimum atomic E-state index is 0.113. The molecule has 100 valence electrons. The van der Waals surface area contributed by atoms with Gasteiger partial charge in [0.25, 0.3) is 0 Å². The van der Waals surface area contributed by atoms with E-state index in [4.69, 9.17) is 0 Å². The van der Waals surface area contributed by atoms with Gasteiger partial charge in [-0.25, -0.2) is 4.98 Å². The predicted octanol–water partition coefficient (Wildman–Crippen LogP) is 3.09. The van der Waals surface area contributed by atoms with Crippen molar-refractivity contribution in [1.82, 2.24) is 10.3 Å². The van der Waals surface area contributed by atoms with Gasteiger partial charge in [-0.15, -0.1) is 11.3 Å². The van der Waals surface area contributed by atoms with Crippen molar-refractivity contribution in [3.05, 3.63) is 52.0 Å². The van der Waals surface area contributed by atoms with Crippen LogP contribution >= 0.6 is 11.3 Å². The Morgan fingerprint density at radius 2 is 2.11 bits per heavy atom. The number of benzene rings is 1. The lowest BCUT2D eigenvalue weighted by Crippen LogP contribution is -2.21. The number of amides is 1. The first-order chi connectivity index (χ1) is 9.24. The lowest BCUT2D eigenvalue weighted by atomic mass is 10.1. The standard InChI is InChI=1S/C15H18N2OS/c1-12-16-10-14(19-12)11-17-15(18)9-5-8-13-6-3-2-4-7-13/h2-4,6-7,10H,5,8-9,11H2,1H3,(H,17,18). The Morgan fingerprint density at radius 3 is 2.79 bits per heavy atom. The summed E-state index contributed by atoms with van der Waals surface area (Å²) in [5.74, 6) is 0.113. The zero-order valence-electron chi connectivity index (χ0n) is 11.1. The van der Waals surface area contributed by atoms with Crippen molar-refractivity contribution in [1.29, 1.82) is 0 Å². The Morgan fingerprint density at radius 1 is 1.32 bits per heavy atom. The molecule has 0 aliphatic carbocycles. The van der Waals surface area contributed by atoms with Gasteiger partial charge in [-0.3, -0.25) is 4.79 Å². The van der Waals surface area contributed by atoms with Gasteiger partial charge in [0, 0.05) is 17.5 Å². The quantitative estimate of drug-likeness (QED) is 0.879. The molecule has 1 aromatic carbocycles. The molecular formula is C15H18N2OS. The van der Waals surface area contributed by atoms with Crippen molar-refractivity contribution >= 4 is 17.2 Å². The fourth-order valence-corrected chi connectivity index (χ4v) is 2.59. The molecule has 0 bridgehead atoms. The second-order valence-electron chi connectivity index (χ2n) is 4.46. The van der Waals surface area contributed by atoms with Crippen LogP contribution in [0.5, 0.6) is 0 Å². The molecule has 2 aromatic rings. The predicted molar refractivity (Wildman–Crippen MR) is 78.1 cm³/mol. The van der Waals surface area contributed by atoms with Gasteiger partial charge in [0.2, 0.25) is 5.91 Å². The zero-order chi connectivity index (χ0) is 13.5. The number of thiazole rings is 1. The molecule has 0 saturated heterocycles. The van der Waals surface area contributed by atoms with E-state index in [-0.39, 0.29) is 5.91 Å². The second kappa shape index (κ2) is 7.04. The molecule has 0 radical (unpaired) electrons. The normalized spacial score (nSPS) is 10.4. The van der Waals surface area contributed by atoms with E-state index in [9.17, 15) is 4.79 Å². The molecular weight excluding hydrogens is 256 g/mol. The van der Waals surface area contributed by atoms with Gasteiger partial charge in [-0.05, 0) is 25.3 Å². The number of nitrogens with one attached hydrogen (secondary N) is 1. The molecule has 2 rings (SSSR count). The van der Waals surface area contributed by atoms with Crippen molar-refractivity contribution in [2.75, 3.05) is 0 Å². The molecule has 3 nitrogen and oxygen atoms in total. The topological polar surface area (TPSA) is 42.0 Å². The van der Waals surface area contributed by atoms with E-state index in [0.29, 0.717) is 13.0 Å². The minimum absolute atomic E-state index is 0.113. The zero-order valence-corrected chi connectivity index (χ0v) is 11.9. The van der Waals surface area contributed by atoms with E-state index in [2.05, 4.69) is 22.4 Å². The molecule has 1 amide bonds. The van der Waals surface area contributed by atoms with Gasteiger partial charge in [0.1, 0.15) is 0 Å². The lowest BCUT2D eigenvalue weighted by Gasteiger charge is -2.03. The van der Waals surface area contributed by atoms with Crippen LogP contribution in [-0.4, -0.2) is 10.9 Å². The third-order valence-corrected chi connectivity index (χ3v) is 3.75. The number of carbonyl (C=O) groups excluding carboxylic acids is 1. The smallest absolute Gasteiger partial charge is 0.220 e. The Labute approximate surface area is 117 Å². The number of hydrogen-bond acceptors (Lipinski definition) is 3. The van der Waals surface area contributed by atoms with Crippen LogP contribution in [0.2, 0.25) is 0 Å². The largest absolute Gasteiger partial charge is 0.351 e. The molecule has 0 atom stereocenters. The van der Waals surface area contributed by atoms with E-state index in [1.165, 1.54) is 5.56 Å². The average Bonchev–Trinajstić information content (AvgIpc) is 2.83. The summed E-state index contributed by atoms with van der Waals surface area (Å²) in [5, 5.41) is 3.97. The van der Waals surface area contributed by atoms with E-state index in [1.807, 2.05) is 31.3 Å². The highest BCUT2D eigenvalue weighted by Crippen LogP contribution is 2.11. The molecule has 1 aromatic heterocycles. The van der Waals surface area contributed by atoms with Crippen LogP contribution in [0.25, 0.3) is 0 Å². The van der Waals surface area contributed by atoms with Crippen molar-refractivity contribution in [2.24, 2.45) is 0 Å². The molecule has 0 unspecified atom stereocenters. The van der Waals surface area contributed by atoms with Gasteiger partial charge in [0.05, 0.1) is 11.6 Å². The van der Waals surface area contributed by atoms with E-state index >= 15 is 0 Å². The highest BCUT2D eigenvalue weighted by Gasteiger charge is 2.03. The van der Waals surface area contributed by atoms with Gasteiger partial charge in [-0.2, -0.15) is 0 Å². The van der Waals surface area contributed by atoms with Gasteiger partial charge in [0.15, 0.2) is 0 Å². The van der Waals surface area contributed by atoms with E-state index in [0.717, 1.165) is 22.7 Å². The fourth-order valence-electron chi connectivity index (χ4n) is 1.86. The summed E-state index contributed by atoms with van der Waals surface area (Å²) in [6.07, 6.45) is 4.24. The maximum absolute atomic E-state index is 11.7. The monoisotopic (exact) mass is 274 g/mol. The Kier molecular flexibility index (Phi) is 5.10. The molecule has 0 aliphatic heterocycles.